The zero-order chi connectivity index (χ0) is 24.5. The number of benzene rings is 2. The third-order valence-corrected chi connectivity index (χ3v) is 7.06. The van der Waals surface area contributed by atoms with Crippen LogP contribution in [0.15, 0.2) is 42.5 Å². The number of hydrogen-bond donors (Lipinski definition) is 3. The van der Waals surface area contributed by atoms with Gasteiger partial charge in [-0.1, -0.05) is 38.4 Å². The van der Waals surface area contributed by atoms with Crippen LogP contribution in [0.5, 0.6) is 0 Å². The Balaban J connectivity index is 1.70. The number of piperidine rings is 1. The molecule has 0 spiro atoms. The highest BCUT2D eigenvalue weighted by Gasteiger charge is 2.30. The molecule has 0 aliphatic carbocycles. The summed E-state index contributed by atoms with van der Waals surface area (Å²) in [5, 5.41) is 17.5. The number of rotatable bonds is 6. The molecule has 182 valence electrons. The Kier molecular flexibility index (Phi) is 7.05. The number of carbonyl (C=O) groups is 1. The zero-order valence-corrected chi connectivity index (χ0v) is 21.1. The summed E-state index contributed by atoms with van der Waals surface area (Å²) < 4.78 is 2.27. The lowest BCUT2D eigenvalue weighted by molar-refractivity contribution is 0.0858. The quantitative estimate of drug-likeness (QED) is 0.384. The SMILES string of the molecule is C[C@H](N(Cc1ccc2c(c1)nc(Nc1ccc(Cl)cc1)n2C1CCCNC1)C(=O)O)C(C)(C)C. The summed E-state index contributed by atoms with van der Waals surface area (Å²) in [4.78, 5) is 18.5. The Labute approximate surface area is 206 Å². The number of halogens is 1. The Hall–Kier alpha value is -2.77. The van der Waals surface area contributed by atoms with Crippen molar-refractivity contribution in [1.82, 2.24) is 19.8 Å². The lowest BCUT2D eigenvalue weighted by Crippen LogP contribution is -2.44. The number of imidazole rings is 1. The Morgan fingerprint density at radius 1 is 1.29 bits per heavy atom. The van der Waals surface area contributed by atoms with Gasteiger partial charge in [-0.3, -0.25) is 0 Å². The van der Waals surface area contributed by atoms with Crippen LogP contribution in [0.3, 0.4) is 0 Å². The van der Waals surface area contributed by atoms with E-state index in [4.69, 9.17) is 16.6 Å². The summed E-state index contributed by atoms with van der Waals surface area (Å²) in [7, 11) is 0. The number of nitrogens with one attached hydrogen (secondary N) is 2. The van der Waals surface area contributed by atoms with Gasteiger partial charge >= 0.3 is 6.09 Å². The summed E-state index contributed by atoms with van der Waals surface area (Å²) in [6.07, 6.45) is 1.28. The fraction of sp³-hybridized carbons (Fsp3) is 0.462. The van der Waals surface area contributed by atoms with Crippen molar-refractivity contribution >= 4 is 40.4 Å². The van der Waals surface area contributed by atoms with Crippen LogP contribution in [-0.2, 0) is 6.54 Å². The third kappa shape index (κ3) is 5.31. The monoisotopic (exact) mass is 483 g/mol. The van der Waals surface area contributed by atoms with Gasteiger partial charge in [0, 0.05) is 35.9 Å². The van der Waals surface area contributed by atoms with Crippen molar-refractivity contribution in [1.29, 1.82) is 0 Å². The van der Waals surface area contributed by atoms with Crippen molar-refractivity contribution in [3.63, 3.8) is 0 Å². The van der Waals surface area contributed by atoms with Crippen LogP contribution in [0.25, 0.3) is 11.0 Å². The van der Waals surface area contributed by atoms with Gasteiger partial charge < -0.3 is 25.2 Å². The first-order valence-electron chi connectivity index (χ1n) is 11.9. The van der Waals surface area contributed by atoms with Crippen molar-refractivity contribution < 1.29 is 9.90 Å². The molecule has 4 rings (SSSR count). The molecule has 1 unspecified atom stereocenters. The van der Waals surface area contributed by atoms with Crippen LogP contribution in [0.1, 0.15) is 52.1 Å². The molecule has 1 aromatic heterocycles. The normalized spacial score (nSPS) is 17.5. The van der Waals surface area contributed by atoms with E-state index >= 15 is 0 Å². The minimum atomic E-state index is -0.911. The molecule has 1 amide bonds. The molecule has 0 radical (unpaired) electrons. The lowest BCUT2D eigenvalue weighted by Gasteiger charge is -2.36. The molecule has 34 heavy (non-hydrogen) atoms. The lowest BCUT2D eigenvalue weighted by atomic mass is 9.87. The fourth-order valence-corrected chi connectivity index (χ4v) is 4.58. The second-order valence-corrected chi connectivity index (χ2v) is 10.6. The van der Waals surface area contributed by atoms with Gasteiger partial charge in [0.15, 0.2) is 0 Å². The van der Waals surface area contributed by atoms with Gasteiger partial charge in [0.05, 0.1) is 11.0 Å². The summed E-state index contributed by atoms with van der Waals surface area (Å²) in [6.45, 7) is 10.4. The summed E-state index contributed by atoms with van der Waals surface area (Å²) in [5.41, 5.74) is 3.58. The van der Waals surface area contributed by atoms with Gasteiger partial charge in [-0.2, -0.15) is 0 Å². The third-order valence-electron chi connectivity index (χ3n) is 6.81. The van der Waals surface area contributed by atoms with E-state index in [2.05, 4.69) is 42.0 Å². The minimum Gasteiger partial charge on any atom is -0.465 e. The maximum Gasteiger partial charge on any atom is 0.407 e. The smallest absolute Gasteiger partial charge is 0.407 e. The average molecular weight is 484 g/mol. The van der Waals surface area contributed by atoms with Crippen molar-refractivity contribution in [2.24, 2.45) is 5.41 Å². The second-order valence-electron chi connectivity index (χ2n) is 10.2. The standard InChI is InChI=1S/C26H34ClN5O2/c1-17(26(2,3)4)31(25(33)34)16-18-7-12-23-22(14-18)30-24(29-20-10-8-19(27)9-11-20)32(23)21-6-5-13-28-15-21/h7-12,14,17,21,28H,5-6,13,15-16H2,1-4H3,(H,29,30)(H,33,34)/t17-,21?/m0/s1. The molecule has 3 N–H and O–H groups in total. The van der Waals surface area contributed by atoms with Crippen molar-refractivity contribution in [2.45, 2.75) is 59.2 Å². The number of carboxylic acid groups (broad SMARTS) is 1. The molecule has 8 heteroatoms. The fourth-order valence-electron chi connectivity index (χ4n) is 4.45. The molecule has 7 nitrogen and oxygen atoms in total. The molecule has 1 fully saturated rings. The first-order valence-corrected chi connectivity index (χ1v) is 12.2. The van der Waals surface area contributed by atoms with E-state index in [0.29, 0.717) is 11.6 Å². The molecule has 2 atom stereocenters. The number of anilines is 2. The van der Waals surface area contributed by atoms with Crippen molar-refractivity contribution in [2.75, 3.05) is 18.4 Å². The number of amides is 1. The van der Waals surface area contributed by atoms with E-state index < -0.39 is 6.09 Å². The van der Waals surface area contributed by atoms with Crippen LogP contribution in [-0.4, -0.2) is 44.8 Å². The molecule has 0 saturated carbocycles. The molecular formula is C26H34ClN5O2. The van der Waals surface area contributed by atoms with Crippen LogP contribution in [0, 0.1) is 5.41 Å². The highest BCUT2D eigenvalue weighted by molar-refractivity contribution is 6.30. The first kappa shape index (κ1) is 24.4. The Morgan fingerprint density at radius 3 is 2.65 bits per heavy atom. The van der Waals surface area contributed by atoms with E-state index in [0.717, 1.165) is 54.2 Å². The molecule has 1 saturated heterocycles. The summed E-state index contributed by atoms with van der Waals surface area (Å²) in [6, 6.07) is 13.9. The predicted octanol–water partition coefficient (Wildman–Crippen LogP) is 6.27. The Bertz CT molecular complexity index is 1150. The molecule has 2 heterocycles. The van der Waals surface area contributed by atoms with E-state index in [9.17, 15) is 9.90 Å². The molecule has 1 aliphatic rings. The van der Waals surface area contributed by atoms with Crippen LogP contribution in [0.4, 0.5) is 16.4 Å². The van der Waals surface area contributed by atoms with Crippen molar-refractivity contribution in [3.05, 3.63) is 53.1 Å². The molecule has 0 bridgehead atoms. The summed E-state index contributed by atoms with van der Waals surface area (Å²) in [5.74, 6) is 0.779. The number of hydrogen-bond acceptors (Lipinski definition) is 4. The zero-order valence-electron chi connectivity index (χ0n) is 20.3. The van der Waals surface area contributed by atoms with Gasteiger partial charge in [0.1, 0.15) is 0 Å². The maximum absolute atomic E-state index is 12.0. The predicted molar refractivity (Wildman–Crippen MR) is 138 cm³/mol. The summed E-state index contributed by atoms with van der Waals surface area (Å²) >= 11 is 6.06. The number of aromatic nitrogens is 2. The van der Waals surface area contributed by atoms with E-state index in [-0.39, 0.29) is 17.5 Å². The van der Waals surface area contributed by atoms with Gasteiger partial charge in [-0.15, -0.1) is 0 Å². The van der Waals surface area contributed by atoms with Gasteiger partial charge in [-0.05, 0) is 73.7 Å². The van der Waals surface area contributed by atoms with Gasteiger partial charge in [-0.25, -0.2) is 9.78 Å². The van der Waals surface area contributed by atoms with Crippen LogP contribution >= 0.6 is 11.6 Å². The topological polar surface area (TPSA) is 82.4 Å². The molecule has 1 aliphatic heterocycles. The van der Waals surface area contributed by atoms with E-state index in [1.54, 1.807) is 0 Å². The van der Waals surface area contributed by atoms with E-state index in [1.807, 2.05) is 43.3 Å². The van der Waals surface area contributed by atoms with Crippen molar-refractivity contribution in [3.8, 4) is 0 Å². The molecular weight excluding hydrogens is 450 g/mol. The van der Waals surface area contributed by atoms with Gasteiger partial charge in [0.2, 0.25) is 5.95 Å². The van der Waals surface area contributed by atoms with Crippen LogP contribution in [0.2, 0.25) is 5.02 Å². The molecule has 2 aromatic carbocycles. The maximum atomic E-state index is 12.0. The van der Waals surface area contributed by atoms with Crippen LogP contribution < -0.4 is 10.6 Å². The Morgan fingerprint density at radius 2 is 2.03 bits per heavy atom. The van der Waals surface area contributed by atoms with Gasteiger partial charge in [0.25, 0.3) is 0 Å². The largest absolute Gasteiger partial charge is 0.465 e. The minimum absolute atomic E-state index is 0.131. The first-order chi connectivity index (χ1) is 16.1. The average Bonchev–Trinajstić information content (AvgIpc) is 3.15. The number of nitrogens with zero attached hydrogens (tertiary/aromatic N) is 3. The number of fused-ring (bicyclic) bond motifs is 1. The highest BCUT2D eigenvalue weighted by Crippen LogP contribution is 2.32. The highest BCUT2D eigenvalue weighted by atomic mass is 35.5. The molecule has 3 aromatic rings. The van der Waals surface area contributed by atoms with E-state index in [1.165, 1.54) is 4.90 Å². The second kappa shape index (κ2) is 9.84.